The number of carbonyl (C=O) groups excluding carboxylic acids is 2. The second-order valence-corrected chi connectivity index (χ2v) is 7.25. The van der Waals surface area contributed by atoms with Crippen molar-refractivity contribution in [3.05, 3.63) is 23.8 Å². The quantitative estimate of drug-likeness (QED) is 0.407. The Hall–Kier alpha value is -2.24. The van der Waals surface area contributed by atoms with Crippen molar-refractivity contribution in [1.82, 2.24) is 10.6 Å². The van der Waals surface area contributed by atoms with E-state index in [1.54, 1.807) is 6.07 Å². The summed E-state index contributed by atoms with van der Waals surface area (Å²) in [6.07, 6.45) is 8.27. The summed E-state index contributed by atoms with van der Waals surface area (Å²) >= 11 is 0. The highest BCUT2D eigenvalue weighted by Gasteiger charge is 2.08. The summed E-state index contributed by atoms with van der Waals surface area (Å²) in [4.78, 5) is 23.8. The van der Waals surface area contributed by atoms with Gasteiger partial charge in [0.15, 0.2) is 13.2 Å². The van der Waals surface area contributed by atoms with Crippen LogP contribution in [0.2, 0.25) is 0 Å². The maximum absolute atomic E-state index is 11.9. The van der Waals surface area contributed by atoms with Crippen LogP contribution in [0, 0.1) is 0 Å². The van der Waals surface area contributed by atoms with Gasteiger partial charge in [-0.1, -0.05) is 52.9 Å². The fourth-order valence-electron chi connectivity index (χ4n) is 2.84. The first-order valence-corrected chi connectivity index (χ1v) is 11.0. The Morgan fingerprint density at radius 3 is 1.62 bits per heavy atom. The van der Waals surface area contributed by atoms with E-state index in [0.29, 0.717) is 24.6 Å². The molecule has 6 nitrogen and oxygen atoms in total. The van der Waals surface area contributed by atoms with Gasteiger partial charge in [0.1, 0.15) is 11.5 Å². The average molecular weight is 407 g/mol. The van der Waals surface area contributed by atoms with Gasteiger partial charge in [0.2, 0.25) is 0 Å². The predicted molar refractivity (Wildman–Crippen MR) is 116 cm³/mol. The van der Waals surface area contributed by atoms with Crippen LogP contribution in [0.5, 0.6) is 11.5 Å². The highest BCUT2D eigenvalue weighted by atomic mass is 16.5. The number of hydrogen-bond donors (Lipinski definition) is 2. The minimum atomic E-state index is -0.129. The molecule has 1 aromatic rings. The van der Waals surface area contributed by atoms with Crippen molar-refractivity contribution in [2.45, 2.75) is 72.1 Å². The molecule has 1 aromatic carbocycles. The predicted octanol–water partition coefficient (Wildman–Crippen LogP) is 4.01. The third-order valence-electron chi connectivity index (χ3n) is 4.42. The van der Waals surface area contributed by atoms with Crippen LogP contribution in [0.25, 0.3) is 0 Å². The number of hydrogen-bond acceptors (Lipinski definition) is 4. The molecule has 0 fully saturated rings. The number of unbranched alkanes of at least 4 members (excludes halogenated alkanes) is 4. The van der Waals surface area contributed by atoms with Gasteiger partial charge >= 0.3 is 0 Å². The Kier molecular flexibility index (Phi) is 13.4. The fourth-order valence-corrected chi connectivity index (χ4v) is 2.84. The Bertz CT molecular complexity index is 558. The lowest BCUT2D eigenvalue weighted by molar-refractivity contribution is -0.123. The fraction of sp³-hybridized carbons (Fsp3) is 0.652. The van der Waals surface area contributed by atoms with E-state index in [1.165, 1.54) is 0 Å². The monoisotopic (exact) mass is 406 g/mol. The van der Waals surface area contributed by atoms with E-state index in [0.717, 1.165) is 56.9 Å². The first-order valence-electron chi connectivity index (χ1n) is 11.0. The third-order valence-corrected chi connectivity index (χ3v) is 4.42. The van der Waals surface area contributed by atoms with Crippen molar-refractivity contribution < 1.29 is 19.1 Å². The molecule has 0 atom stereocenters. The van der Waals surface area contributed by atoms with Gasteiger partial charge in [0.25, 0.3) is 11.8 Å². The molecule has 0 bridgehead atoms. The standard InChI is InChI=1S/C23H38N2O4/c1-4-7-9-12-24-22(26)17-28-20-14-19(11-6-3)15-21(16-20)29-18-23(27)25-13-10-8-5-2/h14-16H,4-13,17-18H2,1-3H3,(H,24,26)(H,25,27). The molecule has 29 heavy (non-hydrogen) atoms. The maximum atomic E-state index is 11.9. The molecule has 0 saturated carbocycles. The van der Waals surface area contributed by atoms with Gasteiger partial charge in [-0.15, -0.1) is 0 Å². The minimum Gasteiger partial charge on any atom is -0.484 e. The molecule has 0 aliphatic carbocycles. The van der Waals surface area contributed by atoms with E-state index < -0.39 is 0 Å². The number of amides is 2. The summed E-state index contributed by atoms with van der Waals surface area (Å²) in [5.41, 5.74) is 1.06. The number of rotatable bonds is 16. The summed E-state index contributed by atoms with van der Waals surface area (Å²) in [7, 11) is 0. The third kappa shape index (κ3) is 12.0. The Morgan fingerprint density at radius 1 is 0.724 bits per heavy atom. The highest BCUT2D eigenvalue weighted by Crippen LogP contribution is 2.24. The van der Waals surface area contributed by atoms with Crippen LogP contribution in [0.4, 0.5) is 0 Å². The molecule has 0 heterocycles. The van der Waals surface area contributed by atoms with Gasteiger partial charge in [-0.2, -0.15) is 0 Å². The molecule has 1 rings (SSSR count). The summed E-state index contributed by atoms with van der Waals surface area (Å²) in [6, 6.07) is 5.57. The molecular formula is C23H38N2O4. The lowest BCUT2D eigenvalue weighted by Crippen LogP contribution is -2.30. The minimum absolute atomic E-state index is 0.0287. The Balaban J connectivity index is 2.53. The van der Waals surface area contributed by atoms with Crippen LogP contribution in [0.3, 0.4) is 0 Å². The smallest absolute Gasteiger partial charge is 0.257 e. The van der Waals surface area contributed by atoms with Crippen molar-refractivity contribution in [2.24, 2.45) is 0 Å². The molecule has 6 heteroatoms. The normalized spacial score (nSPS) is 10.4. The van der Waals surface area contributed by atoms with E-state index in [-0.39, 0.29) is 25.0 Å². The molecule has 0 saturated heterocycles. The first kappa shape index (κ1) is 24.8. The van der Waals surface area contributed by atoms with Crippen LogP contribution >= 0.6 is 0 Å². The van der Waals surface area contributed by atoms with E-state index in [4.69, 9.17) is 9.47 Å². The van der Waals surface area contributed by atoms with Gasteiger partial charge in [-0.05, 0) is 37.0 Å². The summed E-state index contributed by atoms with van der Waals surface area (Å²) in [6.45, 7) is 7.65. The molecule has 0 spiro atoms. The molecule has 0 radical (unpaired) electrons. The topological polar surface area (TPSA) is 76.7 Å². The SMILES string of the molecule is CCCCCNC(=O)COc1cc(CCC)cc(OCC(=O)NCCCCC)c1. The van der Waals surface area contributed by atoms with Gasteiger partial charge in [-0.25, -0.2) is 0 Å². The molecule has 0 aromatic heterocycles. The van der Waals surface area contributed by atoms with Gasteiger partial charge in [-0.3, -0.25) is 9.59 Å². The van der Waals surface area contributed by atoms with Crippen LogP contribution in [-0.4, -0.2) is 38.1 Å². The molecule has 2 N–H and O–H groups in total. The second kappa shape index (κ2) is 15.7. The first-order chi connectivity index (χ1) is 14.1. The van der Waals surface area contributed by atoms with Crippen LogP contribution in [0.15, 0.2) is 18.2 Å². The van der Waals surface area contributed by atoms with Gasteiger partial charge < -0.3 is 20.1 Å². The van der Waals surface area contributed by atoms with Crippen LogP contribution < -0.4 is 20.1 Å². The number of aryl methyl sites for hydroxylation is 1. The van der Waals surface area contributed by atoms with E-state index >= 15 is 0 Å². The van der Waals surface area contributed by atoms with Crippen molar-refractivity contribution in [1.29, 1.82) is 0 Å². The molecule has 164 valence electrons. The zero-order valence-corrected chi connectivity index (χ0v) is 18.4. The van der Waals surface area contributed by atoms with Crippen molar-refractivity contribution >= 4 is 11.8 Å². The molecular weight excluding hydrogens is 368 g/mol. The van der Waals surface area contributed by atoms with E-state index in [9.17, 15) is 9.59 Å². The van der Waals surface area contributed by atoms with Crippen LogP contribution in [0.1, 0.15) is 71.3 Å². The Morgan fingerprint density at radius 2 is 1.21 bits per heavy atom. The lowest BCUT2D eigenvalue weighted by Gasteiger charge is -2.12. The van der Waals surface area contributed by atoms with Gasteiger partial charge in [0, 0.05) is 19.2 Å². The van der Waals surface area contributed by atoms with Crippen molar-refractivity contribution in [3.63, 3.8) is 0 Å². The largest absolute Gasteiger partial charge is 0.484 e. The maximum Gasteiger partial charge on any atom is 0.257 e. The molecule has 0 aliphatic rings. The highest BCUT2D eigenvalue weighted by molar-refractivity contribution is 5.78. The van der Waals surface area contributed by atoms with E-state index in [2.05, 4.69) is 31.4 Å². The van der Waals surface area contributed by atoms with Crippen LogP contribution in [-0.2, 0) is 16.0 Å². The van der Waals surface area contributed by atoms with E-state index in [1.807, 2.05) is 12.1 Å². The zero-order valence-electron chi connectivity index (χ0n) is 18.4. The Labute approximate surface area is 175 Å². The summed E-state index contributed by atoms with van der Waals surface area (Å²) in [5.74, 6) is 0.905. The molecule has 2 amide bonds. The molecule has 0 unspecified atom stereocenters. The summed E-state index contributed by atoms with van der Waals surface area (Å²) < 4.78 is 11.3. The number of benzene rings is 1. The summed E-state index contributed by atoms with van der Waals surface area (Å²) in [5, 5.41) is 5.73. The number of carbonyl (C=O) groups is 2. The zero-order chi connectivity index (χ0) is 21.3. The van der Waals surface area contributed by atoms with Crippen molar-refractivity contribution in [3.8, 4) is 11.5 Å². The van der Waals surface area contributed by atoms with Gasteiger partial charge in [0.05, 0.1) is 0 Å². The van der Waals surface area contributed by atoms with Crippen molar-refractivity contribution in [2.75, 3.05) is 26.3 Å². The molecule has 0 aliphatic heterocycles. The lowest BCUT2D eigenvalue weighted by atomic mass is 10.1. The number of ether oxygens (including phenoxy) is 2. The average Bonchev–Trinajstić information content (AvgIpc) is 2.71. The second-order valence-electron chi connectivity index (χ2n) is 7.25. The number of nitrogens with one attached hydrogen (secondary N) is 2.